The Kier molecular flexibility index (Phi) is 10.5. The van der Waals surface area contributed by atoms with E-state index in [1.807, 2.05) is 48.5 Å². The van der Waals surface area contributed by atoms with Gasteiger partial charge in [-0.05, 0) is 72.5 Å². The number of nitrogens with zero attached hydrogens (tertiary/aromatic N) is 4. The number of anilines is 1. The van der Waals surface area contributed by atoms with Gasteiger partial charge in [0.15, 0.2) is 11.6 Å². The molecule has 4 aromatic rings. The van der Waals surface area contributed by atoms with E-state index in [-0.39, 0.29) is 42.6 Å². The molecule has 0 bridgehead atoms. The number of ketones is 1. The number of hydrogen-bond donors (Lipinski definition) is 1. The van der Waals surface area contributed by atoms with Crippen LogP contribution in [0.5, 0.6) is 11.5 Å². The standard InChI is InChI=1S/C40H41N5O7/c1-25-5-10-30(21-34(25)39(50)45(24-46)35-15-16-36(48)43-38(35)49)44-20-18-33(22-44)52-32-13-8-28(9-14-32)40(3,4)27-6-11-31(12-7-27)51-23-29-17-19-41-37(42-29)26(2)47/h5-14,17,19,21,24,33,35H,15-16,18,20,22-23H2,1-4H3,(H,43,48,49). The third-order valence-electron chi connectivity index (χ3n) is 9.73. The number of nitrogens with one attached hydrogen (secondary N) is 1. The molecular formula is C40H41N5O7. The van der Waals surface area contributed by atoms with Crippen LogP contribution in [-0.2, 0) is 26.4 Å². The second-order valence-electron chi connectivity index (χ2n) is 13.6. The van der Waals surface area contributed by atoms with Crippen LogP contribution in [0.4, 0.5) is 5.69 Å². The summed E-state index contributed by atoms with van der Waals surface area (Å²) in [5, 5.41) is 2.21. The van der Waals surface area contributed by atoms with Crippen LogP contribution < -0.4 is 19.7 Å². The number of imide groups is 2. The summed E-state index contributed by atoms with van der Waals surface area (Å²) >= 11 is 0. The van der Waals surface area contributed by atoms with Gasteiger partial charge in [0, 0.05) is 49.2 Å². The lowest BCUT2D eigenvalue weighted by Gasteiger charge is -2.29. The van der Waals surface area contributed by atoms with Crippen molar-refractivity contribution in [3.05, 3.63) is 113 Å². The number of piperidine rings is 1. The Labute approximate surface area is 302 Å². The minimum absolute atomic E-state index is 0.0613. The lowest BCUT2D eigenvalue weighted by molar-refractivity contribution is -0.139. The topological polar surface area (TPSA) is 148 Å². The van der Waals surface area contributed by atoms with Crippen molar-refractivity contribution in [1.29, 1.82) is 0 Å². The predicted molar refractivity (Wildman–Crippen MR) is 192 cm³/mol. The molecule has 1 N–H and O–H groups in total. The fraction of sp³-hybridized carbons (Fsp3) is 0.325. The number of hydrogen-bond acceptors (Lipinski definition) is 10. The molecule has 0 saturated carbocycles. The Balaban J connectivity index is 1.05. The number of carbonyl (C=O) groups excluding carboxylic acids is 5. The summed E-state index contributed by atoms with van der Waals surface area (Å²) in [5.41, 5.74) is 4.40. The largest absolute Gasteiger partial charge is 0.489 e. The summed E-state index contributed by atoms with van der Waals surface area (Å²) in [7, 11) is 0. The molecule has 2 saturated heterocycles. The maximum Gasteiger partial charge on any atom is 0.261 e. The Morgan fingerprint density at radius 1 is 0.981 bits per heavy atom. The van der Waals surface area contributed by atoms with E-state index in [9.17, 15) is 24.0 Å². The van der Waals surface area contributed by atoms with Gasteiger partial charge in [-0.1, -0.05) is 44.2 Å². The molecule has 2 aliphatic rings. The van der Waals surface area contributed by atoms with Crippen LogP contribution in [0.3, 0.4) is 0 Å². The van der Waals surface area contributed by atoms with E-state index in [4.69, 9.17) is 9.47 Å². The minimum Gasteiger partial charge on any atom is -0.489 e. The molecule has 3 heterocycles. The Bertz CT molecular complexity index is 1990. The van der Waals surface area contributed by atoms with Gasteiger partial charge in [0.25, 0.3) is 5.91 Å². The summed E-state index contributed by atoms with van der Waals surface area (Å²) < 4.78 is 12.3. The quantitative estimate of drug-likeness (QED) is 0.122. The molecule has 2 atom stereocenters. The second-order valence-corrected chi connectivity index (χ2v) is 13.6. The fourth-order valence-corrected chi connectivity index (χ4v) is 6.53. The van der Waals surface area contributed by atoms with E-state index < -0.39 is 23.8 Å². The minimum atomic E-state index is -1.03. The Hall–Kier alpha value is -5.91. The van der Waals surface area contributed by atoms with E-state index in [1.165, 1.54) is 6.92 Å². The summed E-state index contributed by atoms with van der Waals surface area (Å²) in [6.07, 6.45) is 2.79. The molecule has 0 aliphatic carbocycles. The third kappa shape index (κ3) is 7.85. The van der Waals surface area contributed by atoms with Crippen molar-refractivity contribution >= 4 is 35.6 Å². The van der Waals surface area contributed by atoms with Crippen LogP contribution in [0.1, 0.15) is 83.4 Å². The molecule has 268 valence electrons. The van der Waals surface area contributed by atoms with Crippen molar-refractivity contribution < 1.29 is 33.4 Å². The summed E-state index contributed by atoms with van der Waals surface area (Å²) in [5.74, 6) is -0.205. The van der Waals surface area contributed by atoms with Crippen LogP contribution in [0, 0.1) is 6.92 Å². The zero-order valence-corrected chi connectivity index (χ0v) is 29.6. The molecule has 2 fully saturated rings. The van der Waals surface area contributed by atoms with Crippen LogP contribution >= 0.6 is 0 Å². The number of Topliss-reactive ketones (excluding diaryl/α,β-unsaturated/α-hetero) is 1. The first kappa shape index (κ1) is 35.9. The third-order valence-corrected chi connectivity index (χ3v) is 9.73. The highest BCUT2D eigenvalue weighted by molar-refractivity contribution is 6.08. The van der Waals surface area contributed by atoms with E-state index in [0.29, 0.717) is 35.5 Å². The highest BCUT2D eigenvalue weighted by Gasteiger charge is 2.36. The highest BCUT2D eigenvalue weighted by atomic mass is 16.5. The molecule has 12 heteroatoms. The van der Waals surface area contributed by atoms with Gasteiger partial charge < -0.3 is 14.4 Å². The molecule has 0 spiro atoms. The lowest BCUT2D eigenvalue weighted by Crippen LogP contribution is -2.53. The molecule has 4 amide bonds. The van der Waals surface area contributed by atoms with Gasteiger partial charge in [-0.25, -0.2) is 9.97 Å². The van der Waals surface area contributed by atoms with Crippen molar-refractivity contribution in [2.24, 2.45) is 0 Å². The van der Waals surface area contributed by atoms with Gasteiger partial charge >= 0.3 is 0 Å². The lowest BCUT2D eigenvalue weighted by atomic mass is 9.78. The molecule has 6 rings (SSSR count). The van der Waals surface area contributed by atoms with Crippen molar-refractivity contribution in [2.45, 2.75) is 71.1 Å². The molecule has 12 nitrogen and oxygen atoms in total. The molecule has 52 heavy (non-hydrogen) atoms. The zero-order chi connectivity index (χ0) is 37.0. The SMILES string of the molecule is CC(=O)c1nccc(COc2ccc(C(C)(C)c3ccc(OC4CCN(c5ccc(C)c(C(=O)N(C=O)C6CCC(=O)NC6=O)c5)C4)cc3)cc2)n1. The van der Waals surface area contributed by atoms with Gasteiger partial charge in [-0.15, -0.1) is 0 Å². The monoisotopic (exact) mass is 703 g/mol. The first-order valence-corrected chi connectivity index (χ1v) is 17.2. The maximum atomic E-state index is 13.5. The van der Waals surface area contributed by atoms with Crippen LogP contribution in [0.2, 0.25) is 0 Å². The number of aryl methyl sites for hydroxylation is 1. The molecule has 1 aromatic heterocycles. The first-order chi connectivity index (χ1) is 24.9. The number of amides is 4. The van der Waals surface area contributed by atoms with Crippen molar-refractivity contribution in [2.75, 3.05) is 18.0 Å². The first-order valence-electron chi connectivity index (χ1n) is 17.2. The van der Waals surface area contributed by atoms with Gasteiger partial charge in [0.05, 0.1) is 12.2 Å². The van der Waals surface area contributed by atoms with Crippen LogP contribution in [0.25, 0.3) is 0 Å². The van der Waals surface area contributed by atoms with Gasteiger partial charge in [-0.2, -0.15) is 0 Å². The molecule has 2 unspecified atom stereocenters. The van der Waals surface area contributed by atoms with Crippen LogP contribution in [-0.4, -0.2) is 70.0 Å². The average molecular weight is 704 g/mol. The molecular weight excluding hydrogens is 662 g/mol. The Morgan fingerprint density at radius 3 is 2.33 bits per heavy atom. The second kappa shape index (κ2) is 15.1. The maximum absolute atomic E-state index is 13.5. The molecule has 3 aromatic carbocycles. The van der Waals surface area contributed by atoms with Crippen molar-refractivity contribution in [3.8, 4) is 11.5 Å². The summed E-state index contributed by atoms with van der Waals surface area (Å²) in [4.78, 5) is 72.2. The number of carbonyl (C=O) groups is 5. The number of aromatic nitrogens is 2. The van der Waals surface area contributed by atoms with Crippen molar-refractivity contribution in [3.63, 3.8) is 0 Å². The zero-order valence-electron chi connectivity index (χ0n) is 29.6. The summed E-state index contributed by atoms with van der Waals surface area (Å²) in [6, 6.07) is 22.3. The Morgan fingerprint density at radius 2 is 1.67 bits per heavy atom. The fourth-order valence-electron chi connectivity index (χ4n) is 6.53. The number of benzene rings is 3. The van der Waals surface area contributed by atoms with E-state index in [1.54, 1.807) is 25.3 Å². The van der Waals surface area contributed by atoms with Gasteiger partial charge in [0.1, 0.15) is 30.3 Å². The number of rotatable bonds is 12. The van der Waals surface area contributed by atoms with E-state index in [2.05, 4.69) is 46.2 Å². The molecule has 0 radical (unpaired) electrons. The van der Waals surface area contributed by atoms with Crippen LogP contribution in [0.15, 0.2) is 79.0 Å². The summed E-state index contributed by atoms with van der Waals surface area (Å²) in [6.45, 7) is 9.10. The van der Waals surface area contributed by atoms with Gasteiger partial charge in [0.2, 0.25) is 18.2 Å². The number of ether oxygens (including phenoxy) is 2. The predicted octanol–water partition coefficient (Wildman–Crippen LogP) is 4.95. The smallest absolute Gasteiger partial charge is 0.261 e. The van der Waals surface area contributed by atoms with E-state index in [0.717, 1.165) is 40.4 Å². The van der Waals surface area contributed by atoms with Crippen molar-refractivity contribution in [1.82, 2.24) is 20.2 Å². The molecule has 2 aliphatic heterocycles. The van der Waals surface area contributed by atoms with E-state index >= 15 is 0 Å². The average Bonchev–Trinajstić information content (AvgIpc) is 3.61. The van der Waals surface area contributed by atoms with Gasteiger partial charge in [-0.3, -0.25) is 34.2 Å². The highest BCUT2D eigenvalue weighted by Crippen LogP contribution is 2.34. The normalized spacial score (nSPS) is 17.3.